The van der Waals surface area contributed by atoms with Crippen LogP contribution in [0.4, 0.5) is 0 Å². The second-order valence-electron chi connectivity index (χ2n) is 7.09. The second kappa shape index (κ2) is 4.62. The summed E-state index contributed by atoms with van der Waals surface area (Å²) in [5, 5.41) is 1.56. The predicted octanol–water partition coefficient (Wildman–Crippen LogP) is 2.61. The van der Waals surface area contributed by atoms with Crippen molar-refractivity contribution in [1.29, 1.82) is 0 Å². The smallest absolute Gasteiger partial charge is 0.260 e. The van der Waals surface area contributed by atoms with Crippen LogP contribution in [0.15, 0.2) is 10.1 Å². The van der Waals surface area contributed by atoms with Crippen LogP contribution >= 0.6 is 46.4 Å². The molecular weight excluding hydrogens is 400 g/mol. The molecule has 0 unspecified atom stereocenters. The number of rotatable bonds is 2. The normalized spacial score (nSPS) is 54.3. The van der Waals surface area contributed by atoms with E-state index in [0.717, 1.165) is 5.06 Å². The van der Waals surface area contributed by atoms with E-state index in [4.69, 9.17) is 56.0 Å². The lowest BCUT2D eigenvalue weighted by atomic mass is 9.65. The van der Waals surface area contributed by atoms with E-state index in [9.17, 15) is 9.59 Å². The molecule has 5 rings (SSSR count). The molecule has 0 aromatic heterocycles. The maximum Gasteiger partial charge on any atom is 0.260 e. The number of hydroxylamine groups is 2. The van der Waals surface area contributed by atoms with Crippen molar-refractivity contribution in [2.24, 2.45) is 23.7 Å². The van der Waals surface area contributed by atoms with Crippen molar-refractivity contribution in [2.45, 2.75) is 35.3 Å². The van der Waals surface area contributed by atoms with E-state index >= 15 is 0 Å². The highest BCUT2D eigenvalue weighted by Gasteiger charge is 2.82. The van der Waals surface area contributed by atoms with Gasteiger partial charge in [-0.3, -0.25) is 14.4 Å². The zero-order valence-electron chi connectivity index (χ0n) is 12.5. The summed E-state index contributed by atoms with van der Waals surface area (Å²) in [5.41, 5.74) is 0. The number of hydrogen-bond donors (Lipinski definition) is 0. The van der Waals surface area contributed by atoms with Gasteiger partial charge in [-0.2, -0.15) is 5.06 Å². The standard InChI is InChI=1S/C15H13Cl4NO4/c1-2-23-20-12(21)4-5(13(20)22)9-7-6(8(4)24-9)14(18)3-15(7,19)11(17)10(14)16/h4-9H,2-3H2,1H3/t4-,5+,6-,7-,8+,9+,14+,15+/m0/s1. The molecule has 5 aliphatic rings. The third-order valence-corrected chi connectivity index (χ3v) is 8.72. The number of alkyl halides is 2. The van der Waals surface area contributed by atoms with E-state index in [1.807, 2.05) is 0 Å². The largest absolute Gasteiger partial charge is 0.373 e. The molecule has 4 bridgehead atoms. The molecular formula is C15H13Cl4NO4. The Morgan fingerprint density at radius 2 is 1.54 bits per heavy atom. The van der Waals surface area contributed by atoms with Crippen LogP contribution in [0, 0.1) is 23.7 Å². The molecule has 1 saturated carbocycles. The van der Waals surface area contributed by atoms with Gasteiger partial charge in [-0.25, -0.2) is 0 Å². The molecule has 8 atom stereocenters. The van der Waals surface area contributed by atoms with Crippen molar-refractivity contribution in [2.75, 3.05) is 6.61 Å². The van der Waals surface area contributed by atoms with Crippen LogP contribution in [0.3, 0.4) is 0 Å². The topological polar surface area (TPSA) is 55.8 Å². The lowest BCUT2D eigenvalue weighted by molar-refractivity contribution is -0.191. The third-order valence-electron chi connectivity index (χ3n) is 6.23. The van der Waals surface area contributed by atoms with Gasteiger partial charge in [0.15, 0.2) is 0 Å². The molecule has 4 fully saturated rings. The first-order valence-electron chi connectivity index (χ1n) is 7.87. The highest BCUT2D eigenvalue weighted by atomic mass is 35.5. The molecule has 9 heteroatoms. The Kier molecular flexibility index (Phi) is 3.11. The summed E-state index contributed by atoms with van der Waals surface area (Å²) in [6.45, 7) is 1.96. The van der Waals surface area contributed by atoms with Gasteiger partial charge in [0, 0.05) is 11.8 Å². The Morgan fingerprint density at radius 3 is 1.96 bits per heavy atom. The fourth-order valence-electron chi connectivity index (χ4n) is 5.52. The first kappa shape index (κ1) is 16.2. The second-order valence-corrected chi connectivity index (χ2v) is 9.19. The van der Waals surface area contributed by atoms with Gasteiger partial charge in [0.05, 0.1) is 50.5 Å². The molecule has 3 heterocycles. The molecule has 0 aromatic carbocycles. The van der Waals surface area contributed by atoms with Crippen LogP contribution < -0.4 is 0 Å². The molecule has 0 radical (unpaired) electrons. The lowest BCUT2D eigenvalue weighted by Crippen LogP contribution is -2.50. The van der Waals surface area contributed by atoms with E-state index in [1.165, 1.54) is 0 Å². The van der Waals surface area contributed by atoms with Crippen molar-refractivity contribution in [3.05, 3.63) is 10.1 Å². The summed E-state index contributed by atoms with van der Waals surface area (Å²) in [7, 11) is 0. The summed E-state index contributed by atoms with van der Waals surface area (Å²) in [6, 6.07) is 0. The van der Waals surface area contributed by atoms with Crippen molar-refractivity contribution < 1.29 is 19.2 Å². The van der Waals surface area contributed by atoms with Crippen molar-refractivity contribution in [1.82, 2.24) is 5.06 Å². The Morgan fingerprint density at radius 1 is 1.08 bits per heavy atom. The summed E-state index contributed by atoms with van der Waals surface area (Å²) in [4.78, 5) is 28.7. The van der Waals surface area contributed by atoms with E-state index in [-0.39, 0.29) is 30.3 Å². The number of amides is 2. The number of ether oxygens (including phenoxy) is 1. The molecule has 2 amide bonds. The van der Waals surface area contributed by atoms with Crippen molar-refractivity contribution >= 4 is 58.2 Å². The Labute approximate surface area is 158 Å². The van der Waals surface area contributed by atoms with Crippen LogP contribution in [-0.4, -0.2) is 45.4 Å². The van der Waals surface area contributed by atoms with Gasteiger partial charge < -0.3 is 4.74 Å². The van der Waals surface area contributed by atoms with E-state index < -0.39 is 33.8 Å². The Balaban J connectivity index is 1.61. The van der Waals surface area contributed by atoms with E-state index in [0.29, 0.717) is 16.5 Å². The molecule has 5 nitrogen and oxygen atoms in total. The first-order chi connectivity index (χ1) is 11.3. The molecule has 24 heavy (non-hydrogen) atoms. The van der Waals surface area contributed by atoms with Gasteiger partial charge >= 0.3 is 0 Å². The minimum Gasteiger partial charge on any atom is -0.373 e. The molecule has 3 aliphatic heterocycles. The van der Waals surface area contributed by atoms with Crippen LogP contribution in [-0.2, 0) is 19.2 Å². The van der Waals surface area contributed by atoms with Gasteiger partial charge in [-0.1, -0.05) is 23.2 Å². The quantitative estimate of drug-likeness (QED) is 0.516. The number of carbonyl (C=O) groups is 2. The van der Waals surface area contributed by atoms with Gasteiger partial charge in [0.25, 0.3) is 11.8 Å². The van der Waals surface area contributed by atoms with Crippen LogP contribution in [0.25, 0.3) is 0 Å². The number of imide groups is 1. The van der Waals surface area contributed by atoms with Crippen LogP contribution in [0.2, 0.25) is 0 Å². The van der Waals surface area contributed by atoms with Gasteiger partial charge in [0.1, 0.15) is 0 Å². The third kappa shape index (κ3) is 1.47. The summed E-state index contributed by atoms with van der Waals surface area (Å²) in [5.74, 6) is -2.39. The van der Waals surface area contributed by atoms with Gasteiger partial charge in [0.2, 0.25) is 0 Å². The maximum absolute atomic E-state index is 12.7. The fourth-order valence-corrected chi connectivity index (χ4v) is 7.54. The van der Waals surface area contributed by atoms with Gasteiger partial charge in [-0.15, -0.1) is 23.2 Å². The molecule has 130 valence electrons. The fraction of sp³-hybridized carbons (Fsp3) is 0.733. The van der Waals surface area contributed by atoms with E-state index in [1.54, 1.807) is 6.92 Å². The average molecular weight is 413 g/mol. The Hall–Kier alpha value is -0.0400. The molecule has 2 aliphatic carbocycles. The van der Waals surface area contributed by atoms with E-state index in [2.05, 4.69) is 0 Å². The molecule has 3 saturated heterocycles. The highest BCUT2D eigenvalue weighted by molar-refractivity contribution is 6.51. The number of halogens is 4. The molecule has 0 N–H and O–H groups in total. The maximum atomic E-state index is 12.7. The minimum atomic E-state index is -0.933. The highest BCUT2D eigenvalue weighted by Crippen LogP contribution is 2.75. The number of carbonyl (C=O) groups excluding carboxylic acids is 2. The number of nitrogens with zero attached hydrogens (tertiary/aromatic N) is 1. The SMILES string of the molecule is CCON1C(=O)[C@@H]2[C@H]3O[C@H]([C@@H]2C1=O)[C@@H]1[C@@H]3[C@]2(Cl)C[C@]1(Cl)C(Cl)=C2Cl. The van der Waals surface area contributed by atoms with Crippen LogP contribution in [0.5, 0.6) is 0 Å². The summed E-state index contributed by atoms with van der Waals surface area (Å²) >= 11 is 26.4. The number of fused-ring (bicyclic) bond motifs is 12. The predicted molar refractivity (Wildman–Crippen MR) is 86.6 cm³/mol. The summed E-state index contributed by atoms with van der Waals surface area (Å²) in [6.07, 6.45) is -0.601. The monoisotopic (exact) mass is 411 g/mol. The minimum absolute atomic E-state index is 0.234. The molecule has 0 spiro atoms. The zero-order valence-corrected chi connectivity index (χ0v) is 15.5. The number of allylic oxidation sites excluding steroid dienone is 2. The van der Waals surface area contributed by atoms with Crippen LogP contribution in [0.1, 0.15) is 13.3 Å². The average Bonchev–Trinajstić information content (AvgIpc) is 3.25. The molecule has 0 aromatic rings. The lowest BCUT2D eigenvalue weighted by Gasteiger charge is -2.40. The first-order valence-corrected chi connectivity index (χ1v) is 9.38. The van der Waals surface area contributed by atoms with Crippen molar-refractivity contribution in [3.63, 3.8) is 0 Å². The van der Waals surface area contributed by atoms with Gasteiger partial charge in [-0.05, 0) is 13.3 Å². The Bertz CT molecular complexity index is 674. The number of hydrogen-bond acceptors (Lipinski definition) is 4. The zero-order chi connectivity index (χ0) is 17.2. The summed E-state index contributed by atoms with van der Waals surface area (Å²) < 4.78 is 6.04. The van der Waals surface area contributed by atoms with Crippen molar-refractivity contribution in [3.8, 4) is 0 Å².